The number of ether oxygens (including phenoxy) is 2. The van der Waals surface area contributed by atoms with Crippen LogP contribution < -0.4 is 10.1 Å². The van der Waals surface area contributed by atoms with Gasteiger partial charge >= 0.3 is 0 Å². The van der Waals surface area contributed by atoms with E-state index < -0.39 is 0 Å². The summed E-state index contributed by atoms with van der Waals surface area (Å²) in [5, 5.41) is 3.04. The van der Waals surface area contributed by atoms with Crippen molar-refractivity contribution in [2.45, 2.75) is 20.3 Å². The van der Waals surface area contributed by atoms with Gasteiger partial charge in [0, 0.05) is 19.6 Å². The zero-order valence-corrected chi connectivity index (χ0v) is 11.1. The summed E-state index contributed by atoms with van der Waals surface area (Å²) in [6.45, 7) is 7.30. The van der Waals surface area contributed by atoms with E-state index >= 15 is 0 Å². The topological polar surface area (TPSA) is 30.5 Å². The molecular formula is C14H23NO2. The van der Waals surface area contributed by atoms with Crippen molar-refractivity contribution >= 4 is 0 Å². The summed E-state index contributed by atoms with van der Waals surface area (Å²) in [4.78, 5) is 0. The Hall–Kier alpha value is -1.06. The quantitative estimate of drug-likeness (QED) is 0.704. The van der Waals surface area contributed by atoms with Crippen LogP contribution in [0, 0.1) is 13.8 Å². The molecule has 96 valence electrons. The number of hydrogen-bond acceptors (Lipinski definition) is 3. The molecule has 1 aromatic carbocycles. The standard InChI is InChI=1S/C14H23NO2/c1-12-9-13(2)11-14(10-12)17-7-4-6-16-8-5-15-3/h9-11,15H,4-8H2,1-3H3. The fraction of sp³-hybridized carbons (Fsp3) is 0.571. The summed E-state index contributed by atoms with van der Waals surface area (Å²) in [6, 6.07) is 6.28. The summed E-state index contributed by atoms with van der Waals surface area (Å²) >= 11 is 0. The first kappa shape index (κ1) is 14.0. The summed E-state index contributed by atoms with van der Waals surface area (Å²) in [7, 11) is 1.92. The lowest BCUT2D eigenvalue weighted by atomic mass is 10.1. The van der Waals surface area contributed by atoms with Gasteiger partial charge in [-0.2, -0.15) is 0 Å². The molecule has 0 aromatic heterocycles. The summed E-state index contributed by atoms with van der Waals surface area (Å²) in [5.41, 5.74) is 2.48. The minimum atomic E-state index is 0.711. The lowest BCUT2D eigenvalue weighted by molar-refractivity contribution is 0.122. The van der Waals surface area contributed by atoms with Gasteiger partial charge in [0.05, 0.1) is 13.2 Å². The second-order valence-corrected chi connectivity index (χ2v) is 4.24. The highest BCUT2D eigenvalue weighted by Crippen LogP contribution is 2.16. The summed E-state index contributed by atoms with van der Waals surface area (Å²) in [6.07, 6.45) is 0.927. The average Bonchev–Trinajstić information content (AvgIpc) is 2.26. The second kappa shape index (κ2) is 8.09. The molecule has 17 heavy (non-hydrogen) atoms. The van der Waals surface area contributed by atoms with Gasteiger partial charge in [0.15, 0.2) is 0 Å². The fourth-order valence-electron chi connectivity index (χ4n) is 1.64. The van der Waals surface area contributed by atoms with Crippen LogP contribution in [0.3, 0.4) is 0 Å². The number of aryl methyl sites for hydroxylation is 2. The van der Waals surface area contributed by atoms with Gasteiger partial charge in [0.25, 0.3) is 0 Å². The molecule has 0 atom stereocenters. The molecule has 0 saturated carbocycles. The second-order valence-electron chi connectivity index (χ2n) is 4.24. The van der Waals surface area contributed by atoms with Crippen molar-refractivity contribution in [1.29, 1.82) is 0 Å². The number of hydrogen-bond donors (Lipinski definition) is 1. The normalized spacial score (nSPS) is 10.5. The highest BCUT2D eigenvalue weighted by atomic mass is 16.5. The molecule has 0 aliphatic heterocycles. The van der Waals surface area contributed by atoms with Crippen LogP contribution in [0.25, 0.3) is 0 Å². The van der Waals surface area contributed by atoms with Crippen molar-refractivity contribution in [3.05, 3.63) is 29.3 Å². The Morgan fingerprint density at radius 1 is 1.00 bits per heavy atom. The highest BCUT2D eigenvalue weighted by Gasteiger charge is 1.96. The van der Waals surface area contributed by atoms with E-state index in [-0.39, 0.29) is 0 Å². The van der Waals surface area contributed by atoms with Gasteiger partial charge in [-0.3, -0.25) is 0 Å². The predicted molar refractivity (Wildman–Crippen MR) is 70.8 cm³/mol. The lowest BCUT2D eigenvalue weighted by Crippen LogP contribution is -2.15. The van der Waals surface area contributed by atoms with Crippen molar-refractivity contribution in [3.8, 4) is 5.75 Å². The van der Waals surface area contributed by atoms with Gasteiger partial charge < -0.3 is 14.8 Å². The molecule has 0 heterocycles. The van der Waals surface area contributed by atoms with E-state index in [0.29, 0.717) is 6.61 Å². The van der Waals surface area contributed by atoms with Crippen molar-refractivity contribution < 1.29 is 9.47 Å². The smallest absolute Gasteiger partial charge is 0.119 e. The zero-order chi connectivity index (χ0) is 12.5. The number of rotatable bonds is 8. The molecule has 1 rings (SSSR count). The molecule has 0 bridgehead atoms. The molecule has 3 nitrogen and oxygen atoms in total. The Bertz CT molecular complexity index is 306. The average molecular weight is 237 g/mol. The number of benzene rings is 1. The molecule has 0 radical (unpaired) electrons. The maximum absolute atomic E-state index is 5.68. The summed E-state index contributed by atoms with van der Waals surface area (Å²) in [5.74, 6) is 0.956. The Labute approximate surface area is 104 Å². The van der Waals surface area contributed by atoms with Crippen LogP contribution >= 0.6 is 0 Å². The van der Waals surface area contributed by atoms with Crippen molar-refractivity contribution in [1.82, 2.24) is 5.32 Å². The third-order valence-electron chi connectivity index (χ3n) is 2.39. The van der Waals surface area contributed by atoms with Crippen molar-refractivity contribution in [2.75, 3.05) is 33.4 Å². The predicted octanol–water partition coefficient (Wildman–Crippen LogP) is 2.31. The minimum Gasteiger partial charge on any atom is -0.493 e. The molecule has 0 saturated heterocycles. The van der Waals surface area contributed by atoms with Crippen LogP contribution in [-0.2, 0) is 4.74 Å². The molecular weight excluding hydrogens is 214 g/mol. The third kappa shape index (κ3) is 6.29. The van der Waals surface area contributed by atoms with Gasteiger partial charge in [-0.1, -0.05) is 6.07 Å². The van der Waals surface area contributed by atoms with Gasteiger partial charge in [0.1, 0.15) is 5.75 Å². The van der Waals surface area contributed by atoms with Gasteiger partial charge in [-0.25, -0.2) is 0 Å². The molecule has 0 amide bonds. The Kier molecular flexibility index (Phi) is 6.67. The highest BCUT2D eigenvalue weighted by molar-refractivity contribution is 5.32. The van der Waals surface area contributed by atoms with Crippen LogP contribution in [0.5, 0.6) is 5.75 Å². The van der Waals surface area contributed by atoms with Crippen LogP contribution in [-0.4, -0.2) is 33.4 Å². The monoisotopic (exact) mass is 237 g/mol. The molecule has 1 N–H and O–H groups in total. The van der Waals surface area contributed by atoms with Crippen LogP contribution in [0.2, 0.25) is 0 Å². The zero-order valence-electron chi connectivity index (χ0n) is 11.1. The first-order chi connectivity index (χ1) is 8.22. The van der Waals surface area contributed by atoms with E-state index in [1.807, 2.05) is 7.05 Å². The van der Waals surface area contributed by atoms with Crippen LogP contribution in [0.15, 0.2) is 18.2 Å². The third-order valence-corrected chi connectivity index (χ3v) is 2.39. The Balaban J connectivity index is 2.13. The van der Waals surface area contributed by atoms with Crippen molar-refractivity contribution in [3.63, 3.8) is 0 Å². The fourth-order valence-corrected chi connectivity index (χ4v) is 1.64. The molecule has 1 aromatic rings. The van der Waals surface area contributed by atoms with E-state index in [4.69, 9.17) is 9.47 Å². The molecule has 0 aliphatic carbocycles. The van der Waals surface area contributed by atoms with E-state index in [9.17, 15) is 0 Å². The van der Waals surface area contributed by atoms with E-state index in [0.717, 1.165) is 31.9 Å². The number of likely N-dealkylation sites (N-methyl/N-ethyl adjacent to an activating group) is 1. The largest absolute Gasteiger partial charge is 0.493 e. The SMILES string of the molecule is CNCCOCCCOc1cc(C)cc(C)c1. The van der Waals surface area contributed by atoms with E-state index in [1.54, 1.807) is 0 Å². The van der Waals surface area contributed by atoms with E-state index in [2.05, 4.69) is 37.4 Å². The van der Waals surface area contributed by atoms with Gasteiger partial charge in [-0.15, -0.1) is 0 Å². The molecule has 0 aliphatic rings. The first-order valence-corrected chi connectivity index (χ1v) is 6.16. The lowest BCUT2D eigenvalue weighted by Gasteiger charge is -2.08. The van der Waals surface area contributed by atoms with E-state index in [1.165, 1.54) is 11.1 Å². The van der Waals surface area contributed by atoms with Crippen LogP contribution in [0.4, 0.5) is 0 Å². The molecule has 3 heteroatoms. The maximum Gasteiger partial charge on any atom is 0.119 e. The Morgan fingerprint density at radius 3 is 2.35 bits per heavy atom. The van der Waals surface area contributed by atoms with Gasteiger partial charge in [-0.05, 0) is 44.2 Å². The Morgan fingerprint density at radius 2 is 1.71 bits per heavy atom. The first-order valence-electron chi connectivity index (χ1n) is 6.16. The maximum atomic E-state index is 5.68. The van der Waals surface area contributed by atoms with Gasteiger partial charge in [0.2, 0.25) is 0 Å². The molecule has 0 unspecified atom stereocenters. The summed E-state index contributed by atoms with van der Waals surface area (Å²) < 4.78 is 11.1. The number of nitrogens with one attached hydrogen (secondary N) is 1. The van der Waals surface area contributed by atoms with Crippen LogP contribution in [0.1, 0.15) is 17.5 Å². The van der Waals surface area contributed by atoms with Crippen molar-refractivity contribution in [2.24, 2.45) is 0 Å². The molecule has 0 spiro atoms. The minimum absolute atomic E-state index is 0.711. The molecule has 0 fully saturated rings.